The third-order valence-electron chi connectivity index (χ3n) is 4.64. The van der Waals surface area contributed by atoms with Crippen molar-refractivity contribution >= 4 is 15.9 Å². The van der Waals surface area contributed by atoms with Crippen LogP contribution in [0, 0.1) is 11.8 Å². The smallest absolute Gasteiger partial charge is 0.0320 e. The van der Waals surface area contributed by atoms with E-state index in [2.05, 4.69) is 57.3 Å². The number of likely N-dealkylation sites (tertiary alicyclic amines) is 1. The zero-order valence-corrected chi connectivity index (χ0v) is 12.5. The number of nitrogens with one attached hydrogen (secondary N) is 1. The van der Waals surface area contributed by atoms with Gasteiger partial charge in [0.15, 0.2) is 0 Å². The van der Waals surface area contributed by atoms with Crippen LogP contribution in [-0.2, 0) is 0 Å². The van der Waals surface area contributed by atoms with Crippen LogP contribution in [-0.4, -0.2) is 31.1 Å². The highest BCUT2D eigenvalue weighted by Crippen LogP contribution is 2.32. The number of hydrogen-bond acceptors (Lipinski definition) is 2. The van der Waals surface area contributed by atoms with E-state index in [0.29, 0.717) is 6.04 Å². The molecule has 3 atom stereocenters. The Hall–Kier alpha value is -0.380. The van der Waals surface area contributed by atoms with Crippen LogP contribution in [0.3, 0.4) is 0 Å². The number of nitrogens with zero attached hydrogens (tertiary/aromatic N) is 1. The summed E-state index contributed by atoms with van der Waals surface area (Å²) in [5.41, 5.74) is 1.43. The molecule has 18 heavy (non-hydrogen) atoms. The number of benzene rings is 1. The van der Waals surface area contributed by atoms with Gasteiger partial charge in [0.2, 0.25) is 0 Å². The molecule has 0 aliphatic carbocycles. The van der Waals surface area contributed by atoms with Gasteiger partial charge in [-0.3, -0.25) is 4.90 Å². The average Bonchev–Trinajstić information content (AvgIpc) is 2.86. The van der Waals surface area contributed by atoms with E-state index in [4.69, 9.17) is 0 Å². The molecule has 0 spiro atoms. The molecule has 3 heteroatoms. The molecule has 0 bridgehead atoms. The monoisotopic (exact) mass is 308 g/mol. The first-order chi connectivity index (χ1) is 8.74. The predicted molar refractivity (Wildman–Crippen MR) is 78.6 cm³/mol. The Morgan fingerprint density at radius 2 is 1.94 bits per heavy atom. The van der Waals surface area contributed by atoms with Crippen molar-refractivity contribution < 1.29 is 0 Å². The van der Waals surface area contributed by atoms with Crippen LogP contribution >= 0.6 is 15.9 Å². The fraction of sp³-hybridized carbons (Fsp3) is 0.600. The lowest BCUT2D eigenvalue weighted by atomic mass is 9.87. The molecule has 2 fully saturated rings. The highest BCUT2D eigenvalue weighted by molar-refractivity contribution is 9.10. The maximum Gasteiger partial charge on any atom is 0.0320 e. The summed E-state index contributed by atoms with van der Waals surface area (Å²) in [7, 11) is 0. The Morgan fingerprint density at radius 1 is 1.22 bits per heavy atom. The summed E-state index contributed by atoms with van der Waals surface area (Å²) < 4.78 is 1.16. The quantitative estimate of drug-likeness (QED) is 0.903. The zero-order valence-electron chi connectivity index (χ0n) is 10.9. The third kappa shape index (κ3) is 2.49. The molecule has 0 amide bonds. The Kier molecular flexibility index (Phi) is 3.73. The van der Waals surface area contributed by atoms with Crippen molar-refractivity contribution in [2.24, 2.45) is 11.8 Å². The molecule has 1 aromatic rings. The second-order valence-corrected chi connectivity index (χ2v) is 6.61. The summed E-state index contributed by atoms with van der Waals surface area (Å²) in [4.78, 5) is 2.65. The Labute approximate surface area is 118 Å². The van der Waals surface area contributed by atoms with Gasteiger partial charge in [-0.25, -0.2) is 0 Å². The largest absolute Gasteiger partial charge is 0.316 e. The van der Waals surface area contributed by atoms with Crippen molar-refractivity contribution in [2.75, 3.05) is 26.2 Å². The summed E-state index contributed by atoms with van der Waals surface area (Å²) in [5, 5.41) is 3.54. The Bertz CT molecular complexity index is 403. The van der Waals surface area contributed by atoms with Crippen LogP contribution in [0.1, 0.15) is 24.9 Å². The summed E-state index contributed by atoms with van der Waals surface area (Å²) in [6.07, 6.45) is 1.36. The lowest BCUT2D eigenvalue weighted by Crippen LogP contribution is -2.41. The van der Waals surface area contributed by atoms with Gasteiger partial charge in [0.1, 0.15) is 0 Å². The molecule has 0 aromatic heterocycles. The molecule has 0 saturated carbocycles. The Balaban J connectivity index is 1.69. The van der Waals surface area contributed by atoms with E-state index in [9.17, 15) is 0 Å². The summed E-state index contributed by atoms with van der Waals surface area (Å²) >= 11 is 3.51. The van der Waals surface area contributed by atoms with Crippen molar-refractivity contribution in [3.05, 3.63) is 34.3 Å². The van der Waals surface area contributed by atoms with Gasteiger partial charge >= 0.3 is 0 Å². The molecule has 1 aromatic carbocycles. The second-order valence-electron chi connectivity index (χ2n) is 5.69. The fourth-order valence-electron chi connectivity index (χ4n) is 3.37. The first-order valence-corrected chi connectivity index (χ1v) is 7.73. The minimum atomic E-state index is 0.541. The molecule has 2 heterocycles. The first-order valence-electron chi connectivity index (χ1n) is 6.94. The molecule has 3 unspecified atom stereocenters. The van der Waals surface area contributed by atoms with Crippen LogP contribution in [0.15, 0.2) is 28.7 Å². The van der Waals surface area contributed by atoms with Crippen LogP contribution in [0.2, 0.25) is 0 Å². The molecule has 2 aliphatic heterocycles. The van der Waals surface area contributed by atoms with E-state index in [1.54, 1.807) is 0 Å². The molecule has 1 N–H and O–H groups in total. The van der Waals surface area contributed by atoms with E-state index < -0.39 is 0 Å². The van der Waals surface area contributed by atoms with Crippen LogP contribution in [0.4, 0.5) is 0 Å². The highest BCUT2D eigenvalue weighted by atomic mass is 79.9. The van der Waals surface area contributed by atoms with E-state index in [0.717, 1.165) is 16.3 Å². The summed E-state index contributed by atoms with van der Waals surface area (Å²) in [5.74, 6) is 1.80. The zero-order chi connectivity index (χ0) is 12.5. The highest BCUT2D eigenvalue weighted by Gasteiger charge is 2.34. The van der Waals surface area contributed by atoms with Gasteiger partial charge in [-0.2, -0.15) is 0 Å². The minimum Gasteiger partial charge on any atom is -0.316 e. The number of fused-ring (bicyclic) bond motifs is 1. The molecule has 2 saturated heterocycles. The van der Waals surface area contributed by atoms with Crippen LogP contribution in [0.5, 0.6) is 0 Å². The predicted octanol–water partition coefficient (Wildman–Crippen LogP) is 3.05. The molecule has 2 nitrogen and oxygen atoms in total. The normalized spacial score (nSPS) is 30.1. The summed E-state index contributed by atoms with van der Waals surface area (Å²) in [6.45, 7) is 7.31. The molecule has 0 radical (unpaired) electrons. The molecular weight excluding hydrogens is 288 g/mol. The van der Waals surface area contributed by atoms with Crippen molar-refractivity contribution in [2.45, 2.75) is 19.4 Å². The lowest BCUT2D eigenvalue weighted by Gasteiger charge is -2.38. The van der Waals surface area contributed by atoms with Crippen molar-refractivity contribution in [3.8, 4) is 0 Å². The lowest BCUT2D eigenvalue weighted by molar-refractivity contribution is 0.111. The number of rotatable bonds is 2. The van der Waals surface area contributed by atoms with Gasteiger partial charge in [-0.05, 0) is 62.5 Å². The SMILES string of the molecule is CC(c1ccc(Br)cc1)N1CCC2CNCC2C1. The average molecular weight is 309 g/mol. The van der Waals surface area contributed by atoms with Gasteiger partial charge in [0.05, 0.1) is 0 Å². The second kappa shape index (κ2) is 5.32. The van der Waals surface area contributed by atoms with Gasteiger partial charge in [-0.15, -0.1) is 0 Å². The molecule has 3 rings (SSSR count). The van der Waals surface area contributed by atoms with Gasteiger partial charge in [-0.1, -0.05) is 28.1 Å². The van der Waals surface area contributed by atoms with Gasteiger partial charge in [0.25, 0.3) is 0 Å². The van der Waals surface area contributed by atoms with E-state index in [1.807, 2.05) is 0 Å². The van der Waals surface area contributed by atoms with E-state index in [1.165, 1.54) is 38.2 Å². The third-order valence-corrected chi connectivity index (χ3v) is 5.16. The first kappa shape index (κ1) is 12.6. The van der Waals surface area contributed by atoms with Crippen LogP contribution < -0.4 is 5.32 Å². The minimum absolute atomic E-state index is 0.541. The van der Waals surface area contributed by atoms with Gasteiger partial charge in [0, 0.05) is 17.1 Å². The molecule has 2 aliphatic rings. The van der Waals surface area contributed by atoms with Gasteiger partial charge < -0.3 is 5.32 Å². The standard InChI is InChI=1S/C15H21BrN2/c1-11(12-2-4-15(16)5-3-12)18-7-6-13-8-17-9-14(13)10-18/h2-5,11,13-14,17H,6-10H2,1H3. The molecule has 98 valence electrons. The van der Waals surface area contributed by atoms with Crippen molar-refractivity contribution in [1.82, 2.24) is 10.2 Å². The topological polar surface area (TPSA) is 15.3 Å². The number of piperidine rings is 1. The number of hydrogen-bond donors (Lipinski definition) is 1. The van der Waals surface area contributed by atoms with E-state index in [-0.39, 0.29) is 0 Å². The van der Waals surface area contributed by atoms with Crippen molar-refractivity contribution in [1.29, 1.82) is 0 Å². The number of halogens is 1. The maximum absolute atomic E-state index is 3.54. The molecular formula is C15H21BrN2. The fourth-order valence-corrected chi connectivity index (χ4v) is 3.63. The van der Waals surface area contributed by atoms with Crippen molar-refractivity contribution in [3.63, 3.8) is 0 Å². The van der Waals surface area contributed by atoms with E-state index >= 15 is 0 Å². The summed E-state index contributed by atoms with van der Waals surface area (Å²) in [6, 6.07) is 9.33. The Morgan fingerprint density at radius 3 is 2.72 bits per heavy atom. The maximum atomic E-state index is 3.54. The van der Waals surface area contributed by atoms with Crippen LogP contribution in [0.25, 0.3) is 0 Å².